The van der Waals surface area contributed by atoms with Crippen molar-refractivity contribution in [3.8, 4) is 0 Å². The number of carbonyl (C=O) groups excluding carboxylic acids is 6. The van der Waals surface area contributed by atoms with E-state index in [9.17, 15) is 48.9 Å². The zero-order valence-electron chi connectivity index (χ0n) is 27.5. The lowest BCUT2D eigenvalue weighted by molar-refractivity contribution is -0.145. The van der Waals surface area contributed by atoms with E-state index in [0.29, 0.717) is 12.0 Å². The molecule has 1 rings (SSSR count). The van der Waals surface area contributed by atoms with Crippen LogP contribution in [0.3, 0.4) is 0 Å². The van der Waals surface area contributed by atoms with Gasteiger partial charge < -0.3 is 58.5 Å². The average Bonchev–Trinajstić information content (AvgIpc) is 3.06. The number of carboxylic acids is 1. The molecule has 6 amide bonds. The first-order valence-electron chi connectivity index (χ1n) is 15.1. The summed E-state index contributed by atoms with van der Waals surface area (Å²) in [7, 11) is 0. The van der Waals surface area contributed by atoms with Crippen LogP contribution in [0.25, 0.3) is 0 Å². The molecule has 0 aliphatic carbocycles. The number of nitrogens with two attached hydrogens (primary N) is 2. The van der Waals surface area contributed by atoms with Crippen molar-refractivity contribution in [1.82, 2.24) is 31.6 Å². The van der Waals surface area contributed by atoms with E-state index in [0.717, 1.165) is 5.01 Å². The smallest absolute Gasteiger partial charge is 0.328 e. The summed E-state index contributed by atoms with van der Waals surface area (Å²) in [4.78, 5) is 89.1. The van der Waals surface area contributed by atoms with Gasteiger partial charge in [-0.2, -0.15) is 5.10 Å². The summed E-state index contributed by atoms with van der Waals surface area (Å²) in [5.41, 5.74) is 9.65. The summed E-state index contributed by atoms with van der Waals surface area (Å²) < 4.78 is 0. The fourth-order valence-electron chi connectivity index (χ4n) is 4.03. The van der Waals surface area contributed by atoms with Crippen LogP contribution in [0.5, 0.6) is 0 Å². The van der Waals surface area contributed by atoms with Crippen molar-refractivity contribution in [3.63, 3.8) is 0 Å². The van der Waals surface area contributed by atoms with Crippen molar-refractivity contribution in [2.75, 3.05) is 19.8 Å². The number of allylic oxidation sites excluding steroid dienone is 1. The highest BCUT2D eigenvalue weighted by atomic mass is 16.4. The van der Waals surface area contributed by atoms with Crippen LogP contribution in [0.15, 0.2) is 16.4 Å². The molecule has 0 unspecified atom stereocenters. The molecule has 0 aromatic heterocycles. The number of aliphatic carboxylic acids is 1. The maximum absolute atomic E-state index is 13.6. The number of amides is 6. The Kier molecular flexibility index (Phi) is 16.2. The van der Waals surface area contributed by atoms with Gasteiger partial charge in [0, 0.05) is 12.3 Å². The summed E-state index contributed by atoms with van der Waals surface area (Å²) in [5.74, 6) is -6.92. The molecule has 20 nitrogen and oxygen atoms in total. The molecule has 0 bridgehead atoms. The van der Waals surface area contributed by atoms with Crippen LogP contribution in [-0.4, -0.2) is 135 Å². The Hall–Kier alpha value is -4.50. The molecule has 20 heteroatoms. The highest BCUT2D eigenvalue weighted by molar-refractivity contribution is 6.02. The minimum absolute atomic E-state index is 0.0721. The van der Waals surface area contributed by atoms with E-state index in [-0.39, 0.29) is 18.5 Å². The molecule has 0 spiro atoms. The minimum Gasteiger partial charge on any atom is -0.480 e. The number of carboxylic acid groups (broad SMARTS) is 1. The van der Waals surface area contributed by atoms with Crippen molar-refractivity contribution >= 4 is 47.6 Å². The van der Waals surface area contributed by atoms with Gasteiger partial charge in [0.25, 0.3) is 11.8 Å². The third kappa shape index (κ3) is 11.0. The lowest BCUT2D eigenvalue weighted by Crippen LogP contribution is -2.64. The van der Waals surface area contributed by atoms with Gasteiger partial charge in [-0.3, -0.25) is 28.8 Å². The van der Waals surface area contributed by atoms with E-state index in [2.05, 4.69) is 31.7 Å². The van der Waals surface area contributed by atoms with Crippen LogP contribution in [0.2, 0.25) is 0 Å². The summed E-state index contributed by atoms with van der Waals surface area (Å²) >= 11 is 0. The van der Waals surface area contributed by atoms with Gasteiger partial charge in [-0.1, -0.05) is 6.92 Å². The molecule has 0 saturated heterocycles. The Bertz CT molecular complexity index is 1280. The quantitative estimate of drug-likeness (QED) is 0.0639. The van der Waals surface area contributed by atoms with Gasteiger partial charge in [0.2, 0.25) is 23.6 Å². The fourth-order valence-corrected chi connectivity index (χ4v) is 4.03. The molecule has 6 atom stereocenters. The predicted octanol–water partition coefficient (Wildman–Crippen LogP) is -5.15. The second-order valence-electron chi connectivity index (χ2n) is 11.4. The van der Waals surface area contributed by atoms with E-state index in [1.54, 1.807) is 6.92 Å². The molecule has 0 saturated carbocycles. The molecular weight excluding hydrogens is 638 g/mol. The predicted molar refractivity (Wildman–Crippen MR) is 168 cm³/mol. The monoisotopic (exact) mass is 685 g/mol. The minimum atomic E-state index is -2.06. The molecular formula is C28H47N9O11. The van der Waals surface area contributed by atoms with Crippen molar-refractivity contribution in [2.24, 2.45) is 16.6 Å². The normalized spacial score (nSPS) is 18.2. The number of carbonyl (C=O) groups is 7. The van der Waals surface area contributed by atoms with Gasteiger partial charge in [-0.15, -0.1) is 0 Å². The lowest BCUT2D eigenvalue weighted by Gasteiger charge is -2.34. The molecule has 270 valence electrons. The van der Waals surface area contributed by atoms with Crippen LogP contribution >= 0.6 is 0 Å². The number of hydrogen-bond acceptors (Lipinski definition) is 13. The number of hydrogen-bond donors (Lipinski definition) is 11. The number of rotatable bonds is 17. The summed E-state index contributed by atoms with van der Waals surface area (Å²) in [6.45, 7) is 4.46. The standard InChI is InChI=1S/C28H47N9O11/c1-6-13(2)19(24(44)34-17(10-38)26(46)47)35-21(41)15(4)32-23(43)18-8-7-9-31-37(18)25(45)20(14(3)29)36-22(42)16(5)33-27(48)28(30,11-39)12-40/h9,14-18,20,38-40H,6-8,10-12,29-30H2,1-5H3,(H,32,43)(H,33,48)(H,34,44)(H,35,41)(H,36,42)(H,46,47)/b19-13+/t14-,15-,16-,17-,18-,20-/m0/s1. The highest BCUT2D eigenvalue weighted by Gasteiger charge is 2.40. The molecule has 0 fully saturated rings. The molecule has 0 aromatic carbocycles. The Morgan fingerprint density at radius 1 is 0.958 bits per heavy atom. The van der Waals surface area contributed by atoms with E-state index in [1.807, 2.05) is 0 Å². The van der Waals surface area contributed by atoms with Gasteiger partial charge in [0.1, 0.15) is 35.4 Å². The zero-order valence-corrected chi connectivity index (χ0v) is 27.5. The van der Waals surface area contributed by atoms with Crippen LogP contribution in [0.4, 0.5) is 0 Å². The number of aliphatic hydroxyl groups excluding tert-OH is 3. The summed E-state index contributed by atoms with van der Waals surface area (Å²) in [5, 5.41) is 53.4. The SMILES string of the molecule is CC/C(C)=C(/NC(=O)[C@H](C)NC(=O)[C@@H]1CCC=NN1C(=O)[C@@H](NC(=O)[C@H](C)NC(=O)C(N)(CO)CO)[C@H](C)N)C(=O)N[C@@H](CO)C(=O)O. The molecule has 1 heterocycles. The molecule has 48 heavy (non-hydrogen) atoms. The largest absolute Gasteiger partial charge is 0.480 e. The second kappa shape index (κ2) is 18.7. The Morgan fingerprint density at radius 2 is 1.54 bits per heavy atom. The first-order valence-corrected chi connectivity index (χ1v) is 15.1. The van der Waals surface area contributed by atoms with E-state index >= 15 is 0 Å². The van der Waals surface area contributed by atoms with Gasteiger partial charge in [0.15, 0.2) is 6.04 Å². The second-order valence-corrected chi connectivity index (χ2v) is 11.4. The topological polar surface area (TPSA) is 328 Å². The van der Waals surface area contributed by atoms with Crippen LogP contribution in [-0.2, 0) is 33.6 Å². The fraction of sp³-hybridized carbons (Fsp3) is 0.643. The maximum atomic E-state index is 13.6. The third-order valence-electron chi connectivity index (χ3n) is 7.42. The average molecular weight is 686 g/mol. The van der Waals surface area contributed by atoms with E-state index < -0.39 is 103 Å². The lowest BCUT2D eigenvalue weighted by atomic mass is 10.0. The van der Waals surface area contributed by atoms with E-state index in [4.69, 9.17) is 16.6 Å². The number of nitrogens with zero attached hydrogens (tertiary/aromatic N) is 2. The summed E-state index contributed by atoms with van der Waals surface area (Å²) in [6, 6.07) is -7.93. The zero-order chi connectivity index (χ0) is 36.9. The van der Waals surface area contributed by atoms with Crippen molar-refractivity contribution in [1.29, 1.82) is 0 Å². The molecule has 13 N–H and O–H groups in total. The van der Waals surface area contributed by atoms with Crippen molar-refractivity contribution < 1.29 is 54.0 Å². The van der Waals surface area contributed by atoms with E-state index in [1.165, 1.54) is 33.9 Å². The summed E-state index contributed by atoms with van der Waals surface area (Å²) in [6.07, 6.45) is 2.00. The molecule has 1 aliphatic rings. The molecule has 1 aliphatic heterocycles. The maximum Gasteiger partial charge on any atom is 0.328 e. The number of aliphatic hydroxyl groups is 3. The first-order chi connectivity index (χ1) is 22.4. The Labute approximate surface area is 276 Å². The Balaban J connectivity index is 3.08. The van der Waals surface area contributed by atoms with Gasteiger partial charge >= 0.3 is 5.97 Å². The Morgan fingerprint density at radius 3 is 2.04 bits per heavy atom. The van der Waals surface area contributed by atoms with Crippen LogP contribution in [0, 0.1) is 0 Å². The van der Waals surface area contributed by atoms with Crippen molar-refractivity contribution in [3.05, 3.63) is 11.3 Å². The third-order valence-corrected chi connectivity index (χ3v) is 7.42. The number of hydrazone groups is 1. The highest BCUT2D eigenvalue weighted by Crippen LogP contribution is 2.16. The van der Waals surface area contributed by atoms with Crippen molar-refractivity contribution in [2.45, 2.75) is 95.7 Å². The van der Waals surface area contributed by atoms with Crippen LogP contribution in [0.1, 0.15) is 53.9 Å². The number of nitrogens with one attached hydrogen (secondary N) is 5. The molecule has 0 radical (unpaired) electrons. The van der Waals surface area contributed by atoms with Gasteiger partial charge in [-0.25, -0.2) is 9.80 Å². The van der Waals surface area contributed by atoms with Gasteiger partial charge in [-0.05, 0) is 52.5 Å². The van der Waals surface area contributed by atoms with Crippen LogP contribution < -0.4 is 38.1 Å². The first kappa shape index (κ1) is 41.5. The van der Waals surface area contributed by atoms with Gasteiger partial charge in [0.05, 0.1) is 19.8 Å². The molecule has 0 aromatic rings.